The van der Waals surface area contributed by atoms with Crippen molar-refractivity contribution in [3.8, 4) is 0 Å². The van der Waals surface area contributed by atoms with Gasteiger partial charge in [-0.25, -0.2) is 9.78 Å². The van der Waals surface area contributed by atoms with Gasteiger partial charge in [-0.05, 0) is 61.7 Å². The Labute approximate surface area is 133 Å². The molecule has 116 valence electrons. The van der Waals surface area contributed by atoms with Gasteiger partial charge in [0.05, 0.1) is 5.69 Å². The van der Waals surface area contributed by atoms with Crippen molar-refractivity contribution in [3.63, 3.8) is 0 Å². The van der Waals surface area contributed by atoms with Crippen molar-refractivity contribution in [3.05, 3.63) is 58.9 Å². The average molecular weight is 308 g/mol. The fraction of sp³-hybridized carbons (Fsp3) is 0.176. The number of hydrogen-bond donors (Lipinski definition) is 1. The van der Waals surface area contributed by atoms with Gasteiger partial charge < -0.3 is 5.11 Å². The van der Waals surface area contributed by atoms with E-state index in [1.54, 1.807) is 10.6 Å². The lowest BCUT2D eigenvalue weighted by Crippen LogP contribution is -1.96. The maximum absolute atomic E-state index is 11.4. The van der Waals surface area contributed by atoms with Crippen molar-refractivity contribution < 1.29 is 9.90 Å². The monoisotopic (exact) mass is 308 g/mol. The molecule has 0 fully saturated rings. The topological polar surface area (TPSA) is 79.3 Å². The first-order valence-electron chi connectivity index (χ1n) is 7.16. The quantitative estimate of drug-likeness (QED) is 0.729. The molecule has 0 aliphatic heterocycles. The van der Waals surface area contributed by atoms with Crippen molar-refractivity contribution >= 4 is 23.1 Å². The lowest BCUT2D eigenvalue weighted by molar-refractivity contribution is 0.0692. The number of imidazole rings is 1. The second-order valence-corrected chi connectivity index (χ2v) is 5.57. The minimum Gasteiger partial charge on any atom is -0.476 e. The fourth-order valence-corrected chi connectivity index (χ4v) is 2.49. The molecule has 6 heteroatoms. The zero-order valence-electron chi connectivity index (χ0n) is 13.1. The third kappa shape index (κ3) is 2.96. The van der Waals surface area contributed by atoms with Crippen LogP contribution in [0.1, 0.15) is 27.2 Å². The second-order valence-electron chi connectivity index (χ2n) is 5.57. The molecule has 0 saturated carbocycles. The van der Waals surface area contributed by atoms with Crippen molar-refractivity contribution in [2.75, 3.05) is 0 Å². The summed E-state index contributed by atoms with van der Waals surface area (Å²) in [5.41, 5.74) is 4.26. The fourth-order valence-electron chi connectivity index (χ4n) is 2.49. The number of carboxylic acids is 1. The molecular formula is C17H16N4O2. The Morgan fingerprint density at radius 2 is 1.74 bits per heavy atom. The smallest absolute Gasteiger partial charge is 0.358 e. The third-order valence-corrected chi connectivity index (χ3v) is 3.43. The third-order valence-electron chi connectivity index (χ3n) is 3.43. The largest absolute Gasteiger partial charge is 0.476 e. The van der Waals surface area contributed by atoms with E-state index in [-0.39, 0.29) is 11.5 Å². The van der Waals surface area contributed by atoms with Crippen LogP contribution in [-0.4, -0.2) is 20.5 Å². The molecule has 1 aromatic carbocycles. The van der Waals surface area contributed by atoms with Gasteiger partial charge >= 0.3 is 5.97 Å². The molecule has 0 radical (unpaired) electrons. The first-order valence-corrected chi connectivity index (χ1v) is 7.16. The van der Waals surface area contributed by atoms with Crippen LogP contribution in [0.3, 0.4) is 0 Å². The normalized spacial score (nSPS) is 11.4. The number of rotatable bonds is 3. The minimum absolute atomic E-state index is 0.108. The van der Waals surface area contributed by atoms with Crippen molar-refractivity contribution in [2.24, 2.45) is 10.2 Å². The number of pyridine rings is 1. The van der Waals surface area contributed by atoms with Crippen molar-refractivity contribution in [1.29, 1.82) is 0 Å². The summed E-state index contributed by atoms with van der Waals surface area (Å²) in [7, 11) is 0. The molecule has 0 saturated heterocycles. The van der Waals surface area contributed by atoms with Gasteiger partial charge in [-0.2, -0.15) is 0 Å². The Bertz CT molecular complexity index is 921. The summed E-state index contributed by atoms with van der Waals surface area (Å²) in [4.78, 5) is 15.5. The molecule has 0 spiro atoms. The first kappa shape index (κ1) is 14.9. The maximum atomic E-state index is 11.4. The van der Waals surface area contributed by atoms with Crippen LogP contribution in [0.5, 0.6) is 0 Å². The summed E-state index contributed by atoms with van der Waals surface area (Å²) in [6.07, 6.45) is 1.75. The number of aryl methyl sites for hydroxylation is 3. The summed E-state index contributed by atoms with van der Waals surface area (Å²) in [5, 5.41) is 17.7. The lowest BCUT2D eigenvalue weighted by Gasteiger charge is -2.00. The van der Waals surface area contributed by atoms with Gasteiger partial charge in [-0.15, -0.1) is 10.2 Å². The van der Waals surface area contributed by atoms with Crippen LogP contribution in [0, 0.1) is 20.8 Å². The molecule has 0 unspecified atom stereocenters. The van der Waals surface area contributed by atoms with Crippen LogP contribution in [0.25, 0.3) is 5.65 Å². The van der Waals surface area contributed by atoms with Crippen molar-refractivity contribution in [2.45, 2.75) is 20.8 Å². The Hall–Kier alpha value is -3.02. The Morgan fingerprint density at radius 1 is 1.04 bits per heavy atom. The van der Waals surface area contributed by atoms with E-state index >= 15 is 0 Å². The Balaban J connectivity index is 2.12. The van der Waals surface area contributed by atoms with E-state index in [0.717, 1.165) is 16.7 Å². The van der Waals surface area contributed by atoms with Gasteiger partial charge in [0.2, 0.25) is 0 Å². The molecule has 2 heterocycles. The van der Waals surface area contributed by atoms with Crippen molar-refractivity contribution in [1.82, 2.24) is 9.38 Å². The van der Waals surface area contributed by atoms with Gasteiger partial charge in [-0.3, -0.25) is 4.40 Å². The molecule has 2 aromatic heterocycles. The number of benzene rings is 1. The number of fused-ring (bicyclic) bond motifs is 1. The average Bonchev–Trinajstić information content (AvgIpc) is 2.82. The van der Waals surface area contributed by atoms with Gasteiger partial charge in [0.25, 0.3) is 0 Å². The van der Waals surface area contributed by atoms with E-state index in [0.29, 0.717) is 11.3 Å². The predicted molar refractivity (Wildman–Crippen MR) is 87.0 cm³/mol. The number of carboxylic acid groups (broad SMARTS) is 1. The number of nitrogens with zero attached hydrogens (tertiary/aromatic N) is 4. The summed E-state index contributed by atoms with van der Waals surface area (Å²) in [5.74, 6) is -0.910. The zero-order chi connectivity index (χ0) is 16.6. The summed E-state index contributed by atoms with van der Waals surface area (Å²) >= 11 is 0. The van der Waals surface area contributed by atoms with E-state index in [1.165, 1.54) is 0 Å². The van der Waals surface area contributed by atoms with E-state index < -0.39 is 5.97 Å². The SMILES string of the molecule is Cc1cc(C)cc(N=Nc2c(C(=O)O)nc3cc(C)ccn23)c1. The van der Waals surface area contributed by atoms with Gasteiger partial charge in [0, 0.05) is 6.20 Å². The molecule has 23 heavy (non-hydrogen) atoms. The van der Waals surface area contributed by atoms with Crippen LogP contribution >= 0.6 is 0 Å². The Morgan fingerprint density at radius 3 is 2.39 bits per heavy atom. The highest BCUT2D eigenvalue weighted by atomic mass is 16.4. The van der Waals surface area contributed by atoms with Gasteiger partial charge in [-0.1, -0.05) is 6.07 Å². The molecule has 0 aliphatic rings. The highest BCUT2D eigenvalue weighted by molar-refractivity contribution is 5.91. The molecule has 3 rings (SSSR count). The van der Waals surface area contributed by atoms with E-state index in [9.17, 15) is 9.90 Å². The summed E-state index contributed by atoms with van der Waals surface area (Å²) < 4.78 is 1.63. The highest BCUT2D eigenvalue weighted by Gasteiger charge is 2.18. The first-order chi connectivity index (χ1) is 10.9. The highest BCUT2D eigenvalue weighted by Crippen LogP contribution is 2.25. The molecule has 0 aliphatic carbocycles. The van der Waals surface area contributed by atoms with Crippen LogP contribution in [0.15, 0.2) is 46.8 Å². The van der Waals surface area contributed by atoms with Crippen LogP contribution < -0.4 is 0 Å². The van der Waals surface area contributed by atoms with Gasteiger partial charge in [0.1, 0.15) is 5.65 Å². The molecule has 0 atom stereocenters. The molecular weight excluding hydrogens is 292 g/mol. The number of aromatic carboxylic acids is 1. The predicted octanol–water partition coefficient (Wildman–Crippen LogP) is 4.37. The van der Waals surface area contributed by atoms with E-state index in [1.807, 2.05) is 51.1 Å². The molecule has 6 nitrogen and oxygen atoms in total. The molecule has 0 bridgehead atoms. The summed E-state index contributed by atoms with van der Waals surface area (Å²) in [6.45, 7) is 5.88. The summed E-state index contributed by atoms with van der Waals surface area (Å²) in [6, 6.07) is 9.51. The lowest BCUT2D eigenvalue weighted by atomic mass is 10.1. The van der Waals surface area contributed by atoms with E-state index in [4.69, 9.17) is 0 Å². The molecule has 3 aromatic rings. The Kier molecular flexibility index (Phi) is 3.65. The maximum Gasteiger partial charge on any atom is 0.358 e. The molecule has 0 amide bonds. The number of azo groups is 1. The number of aromatic nitrogens is 2. The van der Waals surface area contributed by atoms with E-state index in [2.05, 4.69) is 15.2 Å². The number of carbonyl (C=O) groups is 1. The van der Waals surface area contributed by atoms with Crippen LogP contribution in [-0.2, 0) is 0 Å². The minimum atomic E-state index is -1.12. The molecule has 1 N–H and O–H groups in total. The second kappa shape index (κ2) is 5.64. The van der Waals surface area contributed by atoms with Crippen LogP contribution in [0.2, 0.25) is 0 Å². The van der Waals surface area contributed by atoms with Crippen LogP contribution in [0.4, 0.5) is 11.5 Å². The number of hydrogen-bond acceptors (Lipinski definition) is 4. The standard InChI is InChI=1S/C17H16N4O2/c1-10-4-5-21-14(9-10)18-15(17(22)23)16(21)20-19-13-7-11(2)6-12(3)8-13/h4-9H,1-3H3,(H,22,23). The zero-order valence-corrected chi connectivity index (χ0v) is 13.1. The van der Waals surface area contributed by atoms with Gasteiger partial charge in [0.15, 0.2) is 11.5 Å².